The fourth-order valence-electron chi connectivity index (χ4n) is 3.57. The van der Waals surface area contributed by atoms with Crippen molar-refractivity contribution in [3.8, 4) is 0 Å². The third-order valence-corrected chi connectivity index (χ3v) is 5.89. The summed E-state index contributed by atoms with van der Waals surface area (Å²) < 4.78 is 11.4. The molecule has 0 radical (unpaired) electrons. The van der Waals surface area contributed by atoms with Crippen molar-refractivity contribution in [3.05, 3.63) is 36.9 Å². The SMILES string of the molecule is C=CC(=O)N1CCOC(C(=O)N2CCN(c3nsc4ccccc34)CC2)C1. The Hall–Kier alpha value is -2.45. The van der Waals surface area contributed by atoms with Gasteiger partial charge in [-0.1, -0.05) is 18.7 Å². The molecule has 27 heavy (non-hydrogen) atoms. The second-order valence-electron chi connectivity index (χ2n) is 6.66. The van der Waals surface area contributed by atoms with E-state index in [1.807, 2.05) is 17.0 Å². The van der Waals surface area contributed by atoms with Crippen LogP contribution in [0.15, 0.2) is 36.9 Å². The number of piperazine rings is 1. The highest BCUT2D eigenvalue weighted by Gasteiger charge is 2.33. The van der Waals surface area contributed by atoms with E-state index >= 15 is 0 Å². The van der Waals surface area contributed by atoms with Crippen LogP contribution in [0.4, 0.5) is 5.82 Å². The largest absolute Gasteiger partial charge is 0.365 e. The van der Waals surface area contributed by atoms with E-state index in [1.54, 1.807) is 4.90 Å². The van der Waals surface area contributed by atoms with Crippen molar-refractivity contribution in [1.29, 1.82) is 0 Å². The molecule has 2 aromatic rings. The van der Waals surface area contributed by atoms with Gasteiger partial charge in [0.1, 0.15) is 5.82 Å². The minimum absolute atomic E-state index is 0.0423. The van der Waals surface area contributed by atoms with Gasteiger partial charge in [0, 0.05) is 38.1 Å². The molecule has 3 heterocycles. The van der Waals surface area contributed by atoms with Crippen LogP contribution in [-0.4, -0.2) is 78.0 Å². The number of hydrogen-bond acceptors (Lipinski definition) is 6. The van der Waals surface area contributed by atoms with Crippen molar-refractivity contribution in [3.63, 3.8) is 0 Å². The Morgan fingerprint density at radius 2 is 1.93 bits per heavy atom. The lowest BCUT2D eigenvalue weighted by Crippen LogP contribution is -2.56. The molecule has 1 atom stereocenters. The summed E-state index contributed by atoms with van der Waals surface area (Å²) in [4.78, 5) is 30.3. The molecule has 2 saturated heterocycles. The molecular formula is C19H22N4O3S. The van der Waals surface area contributed by atoms with Crippen LogP contribution in [0, 0.1) is 0 Å². The maximum absolute atomic E-state index is 12.8. The van der Waals surface area contributed by atoms with Crippen LogP contribution < -0.4 is 4.90 Å². The highest BCUT2D eigenvalue weighted by Crippen LogP contribution is 2.29. The second kappa shape index (κ2) is 7.66. The molecule has 0 saturated carbocycles. The number of aromatic nitrogens is 1. The van der Waals surface area contributed by atoms with E-state index in [4.69, 9.17) is 4.74 Å². The summed E-state index contributed by atoms with van der Waals surface area (Å²) in [6, 6.07) is 8.21. The van der Waals surface area contributed by atoms with Crippen LogP contribution in [0.2, 0.25) is 0 Å². The van der Waals surface area contributed by atoms with Gasteiger partial charge in [0.2, 0.25) is 5.91 Å². The van der Waals surface area contributed by atoms with Crippen LogP contribution in [0.5, 0.6) is 0 Å². The summed E-state index contributed by atoms with van der Waals surface area (Å²) in [5.74, 6) is 0.801. The maximum atomic E-state index is 12.8. The minimum atomic E-state index is -0.589. The molecule has 0 N–H and O–H groups in total. The number of benzene rings is 1. The summed E-state index contributed by atoms with van der Waals surface area (Å²) in [5.41, 5.74) is 0. The highest BCUT2D eigenvalue weighted by atomic mass is 32.1. The van der Waals surface area contributed by atoms with Gasteiger partial charge >= 0.3 is 0 Å². The minimum Gasteiger partial charge on any atom is -0.365 e. The zero-order chi connectivity index (χ0) is 18.8. The Morgan fingerprint density at radius 1 is 1.15 bits per heavy atom. The van der Waals surface area contributed by atoms with Crippen molar-refractivity contribution >= 4 is 39.3 Å². The molecule has 0 aliphatic carbocycles. The molecule has 2 fully saturated rings. The zero-order valence-electron chi connectivity index (χ0n) is 15.0. The Kier molecular flexibility index (Phi) is 5.09. The average Bonchev–Trinajstić information content (AvgIpc) is 3.17. The number of hydrogen-bond donors (Lipinski definition) is 0. The fraction of sp³-hybridized carbons (Fsp3) is 0.421. The van der Waals surface area contributed by atoms with Crippen LogP contribution in [0.25, 0.3) is 10.1 Å². The molecule has 2 aliphatic rings. The molecule has 8 heteroatoms. The van der Waals surface area contributed by atoms with Gasteiger partial charge in [-0.2, -0.15) is 4.37 Å². The Bertz CT molecular complexity index is 860. The molecular weight excluding hydrogens is 364 g/mol. The van der Waals surface area contributed by atoms with Crippen molar-refractivity contribution < 1.29 is 14.3 Å². The van der Waals surface area contributed by atoms with E-state index in [0.717, 1.165) is 24.3 Å². The molecule has 1 unspecified atom stereocenters. The third-order valence-electron chi connectivity index (χ3n) is 5.08. The molecule has 0 bridgehead atoms. The summed E-state index contributed by atoms with van der Waals surface area (Å²) in [6.45, 7) is 7.40. The number of carbonyl (C=O) groups is 2. The van der Waals surface area contributed by atoms with Gasteiger partial charge < -0.3 is 19.4 Å². The second-order valence-corrected chi connectivity index (χ2v) is 7.47. The van der Waals surface area contributed by atoms with Crippen LogP contribution in [-0.2, 0) is 14.3 Å². The first-order chi connectivity index (χ1) is 13.2. The number of anilines is 1. The first-order valence-corrected chi connectivity index (χ1v) is 9.86. The van der Waals surface area contributed by atoms with Gasteiger partial charge in [0.05, 0.1) is 17.9 Å². The smallest absolute Gasteiger partial charge is 0.253 e. The Labute approximate surface area is 162 Å². The van der Waals surface area contributed by atoms with Crippen LogP contribution in [0.1, 0.15) is 0 Å². The third kappa shape index (κ3) is 3.54. The lowest BCUT2D eigenvalue weighted by atomic mass is 10.2. The van der Waals surface area contributed by atoms with Crippen LogP contribution >= 0.6 is 11.5 Å². The maximum Gasteiger partial charge on any atom is 0.253 e. The van der Waals surface area contributed by atoms with Gasteiger partial charge in [-0.05, 0) is 29.7 Å². The number of carbonyl (C=O) groups excluding carboxylic acids is 2. The number of rotatable bonds is 3. The van der Waals surface area contributed by atoms with E-state index in [2.05, 4.69) is 28.0 Å². The number of nitrogens with zero attached hydrogens (tertiary/aromatic N) is 4. The van der Waals surface area contributed by atoms with E-state index in [0.29, 0.717) is 32.8 Å². The number of amides is 2. The van der Waals surface area contributed by atoms with Gasteiger partial charge in [-0.3, -0.25) is 9.59 Å². The molecule has 1 aromatic carbocycles. The van der Waals surface area contributed by atoms with Crippen LogP contribution in [0.3, 0.4) is 0 Å². The molecule has 2 aliphatic heterocycles. The molecule has 0 spiro atoms. The zero-order valence-corrected chi connectivity index (χ0v) is 15.9. The van der Waals surface area contributed by atoms with E-state index < -0.39 is 6.10 Å². The predicted octanol–water partition coefficient (Wildman–Crippen LogP) is 1.36. The molecule has 4 rings (SSSR count). The van der Waals surface area contributed by atoms with Crippen molar-refractivity contribution in [2.75, 3.05) is 50.8 Å². The summed E-state index contributed by atoms with van der Waals surface area (Å²) >= 11 is 1.50. The Morgan fingerprint density at radius 3 is 2.70 bits per heavy atom. The molecule has 1 aromatic heterocycles. The monoisotopic (exact) mass is 386 g/mol. The first kappa shape index (κ1) is 17.9. The predicted molar refractivity (Wildman–Crippen MR) is 105 cm³/mol. The summed E-state index contributed by atoms with van der Waals surface area (Å²) in [5, 5.41) is 1.16. The summed E-state index contributed by atoms with van der Waals surface area (Å²) in [7, 11) is 0. The number of morpholine rings is 1. The van der Waals surface area contributed by atoms with Gasteiger partial charge in [0.25, 0.3) is 5.91 Å². The van der Waals surface area contributed by atoms with Gasteiger partial charge in [-0.25, -0.2) is 0 Å². The van der Waals surface area contributed by atoms with Gasteiger partial charge in [-0.15, -0.1) is 0 Å². The van der Waals surface area contributed by atoms with Crippen molar-refractivity contribution in [1.82, 2.24) is 14.2 Å². The number of fused-ring (bicyclic) bond motifs is 1. The molecule has 142 valence electrons. The Balaban J connectivity index is 1.38. The fourth-order valence-corrected chi connectivity index (χ4v) is 4.37. The average molecular weight is 386 g/mol. The van der Waals surface area contributed by atoms with E-state index in [1.165, 1.54) is 22.3 Å². The molecule has 7 nitrogen and oxygen atoms in total. The topological polar surface area (TPSA) is 66.0 Å². The van der Waals surface area contributed by atoms with E-state index in [9.17, 15) is 9.59 Å². The molecule has 2 amide bonds. The van der Waals surface area contributed by atoms with Crippen molar-refractivity contribution in [2.24, 2.45) is 0 Å². The lowest BCUT2D eigenvalue weighted by Gasteiger charge is -2.38. The first-order valence-electron chi connectivity index (χ1n) is 9.08. The van der Waals surface area contributed by atoms with Gasteiger partial charge in [0.15, 0.2) is 6.10 Å². The van der Waals surface area contributed by atoms with E-state index in [-0.39, 0.29) is 11.8 Å². The van der Waals surface area contributed by atoms with Crippen molar-refractivity contribution in [2.45, 2.75) is 6.10 Å². The number of ether oxygens (including phenoxy) is 1. The summed E-state index contributed by atoms with van der Waals surface area (Å²) in [6.07, 6.45) is 0.693. The quantitative estimate of drug-likeness (QED) is 0.746. The highest BCUT2D eigenvalue weighted by molar-refractivity contribution is 7.13. The lowest BCUT2D eigenvalue weighted by molar-refractivity contribution is -0.153. The standard InChI is InChI=1S/C19H22N4O3S/c1-2-17(24)23-11-12-26-15(13-23)19(25)22-9-7-21(8-10-22)18-14-5-3-4-6-16(14)27-20-18/h2-6,15H,1,7-13H2. The normalized spacial score (nSPS) is 20.7.